The molecule has 0 spiro atoms. The van der Waals surface area contributed by atoms with Crippen LogP contribution in [0.4, 0.5) is 11.6 Å². The van der Waals surface area contributed by atoms with Crippen molar-refractivity contribution in [3.8, 4) is 11.5 Å². The van der Waals surface area contributed by atoms with Crippen molar-refractivity contribution in [3.05, 3.63) is 28.2 Å². The van der Waals surface area contributed by atoms with E-state index < -0.39 is 4.92 Å². The number of hydrogen-bond acceptors (Lipinski definition) is 6. The zero-order chi connectivity index (χ0) is 16.4. The zero-order valence-corrected chi connectivity index (χ0v) is 13.2. The highest BCUT2D eigenvalue weighted by Gasteiger charge is 2.20. The molecule has 8 heteroatoms. The van der Waals surface area contributed by atoms with Crippen molar-refractivity contribution in [3.63, 3.8) is 0 Å². The zero-order valence-electron chi connectivity index (χ0n) is 13.2. The van der Waals surface area contributed by atoms with E-state index in [1.54, 1.807) is 13.1 Å². The summed E-state index contributed by atoms with van der Waals surface area (Å²) in [6.07, 6.45) is 7.75. The molecule has 0 bridgehead atoms. The third-order valence-electron chi connectivity index (χ3n) is 4.23. The molecule has 0 aromatic carbocycles. The maximum absolute atomic E-state index is 10.8. The maximum Gasteiger partial charge on any atom is 0.308 e. The van der Waals surface area contributed by atoms with E-state index in [1.165, 1.54) is 19.0 Å². The molecule has 0 aliphatic heterocycles. The number of H-pyrrole nitrogens is 1. The Labute approximate surface area is 133 Å². The molecule has 2 atom stereocenters. The molecule has 2 heterocycles. The number of anilines is 1. The maximum atomic E-state index is 10.8. The monoisotopic (exact) mass is 316 g/mol. The fourth-order valence-electron chi connectivity index (χ4n) is 3.03. The van der Waals surface area contributed by atoms with Gasteiger partial charge in [0.25, 0.3) is 0 Å². The number of nitro groups is 1. The van der Waals surface area contributed by atoms with Gasteiger partial charge in [0.15, 0.2) is 5.82 Å². The predicted octanol–water partition coefficient (Wildman–Crippen LogP) is 3.07. The summed E-state index contributed by atoms with van der Waals surface area (Å²) in [6, 6.07) is 0.428. The summed E-state index contributed by atoms with van der Waals surface area (Å²) in [5.74, 6) is 1.81. The summed E-state index contributed by atoms with van der Waals surface area (Å²) in [5.41, 5.74) is 0.826. The second-order valence-electron chi connectivity index (χ2n) is 6.17. The molecule has 1 aliphatic carbocycles. The second-order valence-corrected chi connectivity index (χ2v) is 6.17. The highest BCUT2D eigenvalue weighted by molar-refractivity contribution is 5.53. The van der Waals surface area contributed by atoms with Crippen LogP contribution in [-0.2, 0) is 0 Å². The first-order chi connectivity index (χ1) is 11.0. The Balaban J connectivity index is 1.74. The average molecular weight is 316 g/mol. The number of imidazole rings is 1. The Morgan fingerprint density at radius 2 is 2.22 bits per heavy atom. The van der Waals surface area contributed by atoms with Crippen LogP contribution >= 0.6 is 0 Å². The summed E-state index contributed by atoms with van der Waals surface area (Å²) in [7, 11) is 0. The van der Waals surface area contributed by atoms with Gasteiger partial charge in [-0.1, -0.05) is 19.8 Å². The van der Waals surface area contributed by atoms with Crippen LogP contribution in [0.3, 0.4) is 0 Å². The first-order valence-electron chi connectivity index (χ1n) is 7.83. The van der Waals surface area contributed by atoms with E-state index >= 15 is 0 Å². The van der Waals surface area contributed by atoms with Crippen LogP contribution in [0, 0.1) is 23.0 Å². The van der Waals surface area contributed by atoms with E-state index in [4.69, 9.17) is 0 Å². The quantitative estimate of drug-likeness (QED) is 0.662. The van der Waals surface area contributed by atoms with Gasteiger partial charge in [0, 0.05) is 12.2 Å². The summed E-state index contributed by atoms with van der Waals surface area (Å²) in [6.45, 7) is 3.87. The molecule has 2 aromatic rings. The minimum Gasteiger partial charge on any atom is -0.353 e. The predicted molar refractivity (Wildman–Crippen MR) is 86.0 cm³/mol. The number of nitrogens with zero attached hydrogens (tertiary/aromatic N) is 4. The molecule has 0 radical (unpaired) electrons. The topological polar surface area (TPSA) is 110 Å². The third-order valence-corrected chi connectivity index (χ3v) is 4.23. The molecule has 0 amide bonds. The van der Waals surface area contributed by atoms with Crippen LogP contribution in [0.15, 0.2) is 12.4 Å². The standard InChI is InChI=1S/C15H20N6O2/c1-9-4-3-5-11(6-9)19-15-17-7-12(20-15)14-16-8-13(21(22)23)10(2)18-14/h7-9,11H,3-6H2,1-2H3,(H2,17,19,20)/t9-,11+/m0/s1. The number of aromatic nitrogens is 4. The van der Waals surface area contributed by atoms with Crippen LogP contribution < -0.4 is 5.32 Å². The van der Waals surface area contributed by atoms with Crippen molar-refractivity contribution in [1.82, 2.24) is 19.9 Å². The van der Waals surface area contributed by atoms with E-state index in [1.807, 2.05) is 0 Å². The Kier molecular flexibility index (Phi) is 4.22. The van der Waals surface area contributed by atoms with Crippen molar-refractivity contribution < 1.29 is 4.92 Å². The van der Waals surface area contributed by atoms with E-state index in [9.17, 15) is 10.1 Å². The Morgan fingerprint density at radius 1 is 1.39 bits per heavy atom. The van der Waals surface area contributed by atoms with Gasteiger partial charge in [-0.25, -0.2) is 15.0 Å². The Bertz CT molecular complexity index is 714. The van der Waals surface area contributed by atoms with Crippen molar-refractivity contribution >= 4 is 11.6 Å². The van der Waals surface area contributed by atoms with Crippen molar-refractivity contribution in [2.75, 3.05) is 5.32 Å². The molecule has 0 unspecified atom stereocenters. The number of nitrogens with one attached hydrogen (secondary N) is 2. The lowest BCUT2D eigenvalue weighted by Gasteiger charge is -2.27. The van der Waals surface area contributed by atoms with Gasteiger partial charge in [-0.05, 0) is 25.7 Å². The average Bonchev–Trinajstić information content (AvgIpc) is 2.95. The van der Waals surface area contributed by atoms with E-state index in [2.05, 4.69) is 32.2 Å². The molecular weight excluding hydrogens is 296 g/mol. The molecule has 8 nitrogen and oxygen atoms in total. The summed E-state index contributed by atoms with van der Waals surface area (Å²) < 4.78 is 0. The number of rotatable bonds is 4. The normalized spacial score (nSPS) is 21.1. The molecule has 23 heavy (non-hydrogen) atoms. The highest BCUT2D eigenvalue weighted by Crippen LogP contribution is 2.26. The molecule has 2 N–H and O–H groups in total. The number of aromatic amines is 1. The molecule has 1 aliphatic rings. The molecule has 0 saturated heterocycles. The van der Waals surface area contributed by atoms with Crippen molar-refractivity contribution in [2.24, 2.45) is 5.92 Å². The Hall–Kier alpha value is -2.51. The summed E-state index contributed by atoms with van der Waals surface area (Å²) in [4.78, 5) is 26.1. The van der Waals surface area contributed by atoms with Crippen LogP contribution in [0.5, 0.6) is 0 Å². The minimum absolute atomic E-state index is 0.0844. The molecule has 1 fully saturated rings. The SMILES string of the molecule is Cc1nc(-c2c[nH]c(N[C@@H]3CCC[C@H](C)C3)n2)ncc1[N+](=O)[O-]. The van der Waals surface area contributed by atoms with Gasteiger partial charge in [-0.2, -0.15) is 0 Å². The van der Waals surface area contributed by atoms with E-state index in [-0.39, 0.29) is 5.69 Å². The van der Waals surface area contributed by atoms with Gasteiger partial charge < -0.3 is 10.3 Å². The minimum atomic E-state index is -0.485. The number of hydrogen-bond donors (Lipinski definition) is 2. The lowest BCUT2D eigenvalue weighted by atomic mass is 9.87. The molecule has 2 aromatic heterocycles. The van der Waals surface area contributed by atoms with Crippen molar-refractivity contribution in [2.45, 2.75) is 45.6 Å². The highest BCUT2D eigenvalue weighted by atomic mass is 16.6. The van der Waals surface area contributed by atoms with Crippen LogP contribution in [0.25, 0.3) is 11.5 Å². The smallest absolute Gasteiger partial charge is 0.308 e. The van der Waals surface area contributed by atoms with Crippen molar-refractivity contribution in [1.29, 1.82) is 0 Å². The van der Waals surface area contributed by atoms with Gasteiger partial charge in [-0.15, -0.1) is 0 Å². The lowest BCUT2D eigenvalue weighted by molar-refractivity contribution is -0.386. The largest absolute Gasteiger partial charge is 0.353 e. The van der Waals surface area contributed by atoms with E-state index in [0.717, 1.165) is 18.8 Å². The summed E-state index contributed by atoms with van der Waals surface area (Å²) >= 11 is 0. The van der Waals surface area contributed by atoms with Crippen LogP contribution in [0.1, 0.15) is 38.3 Å². The molecule has 122 valence electrons. The fraction of sp³-hybridized carbons (Fsp3) is 0.533. The van der Waals surface area contributed by atoms with Crippen LogP contribution in [-0.4, -0.2) is 30.9 Å². The molecule has 1 saturated carbocycles. The second kappa shape index (κ2) is 6.31. The first-order valence-corrected chi connectivity index (χ1v) is 7.83. The van der Waals surface area contributed by atoms with Gasteiger partial charge >= 0.3 is 5.69 Å². The Morgan fingerprint density at radius 3 is 2.91 bits per heavy atom. The van der Waals surface area contributed by atoms with Gasteiger partial charge in [0.1, 0.15) is 17.6 Å². The van der Waals surface area contributed by atoms with Gasteiger partial charge in [0.05, 0.1) is 4.92 Å². The van der Waals surface area contributed by atoms with Crippen LogP contribution in [0.2, 0.25) is 0 Å². The fourth-order valence-corrected chi connectivity index (χ4v) is 3.03. The first kappa shape index (κ1) is 15.4. The van der Waals surface area contributed by atoms with E-state index in [0.29, 0.717) is 29.2 Å². The molecular formula is C15H20N6O2. The van der Waals surface area contributed by atoms with Gasteiger partial charge in [0.2, 0.25) is 5.95 Å². The lowest BCUT2D eigenvalue weighted by Crippen LogP contribution is -2.26. The summed E-state index contributed by atoms with van der Waals surface area (Å²) in [5, 5.41) is 14.2. The number of aryl methyl sites for hydroxylation is 1. The molecule has 3 rings (SSSR count). The third kappa shape index (κ3) is 3.46. The van der Waals surface area contributed by atoms with Gasteiger partial charge in [-0.3, -0.25) is 10.1 Å².